The number of hydrogen-bond acceptors (Lipinski definition) is 6. The smallest absolute Gasteiger partial charge is 0.283 e. The Morgan fingerprint density at radius 2 is 1.85 bits per heavy atom. The predicted molar refractivity (Wildman–Crippen MR) is 132 cm³/mol. The summed E-state index contributed by atoms with van der Waals surface area (Å²) in [4.78, 5) is 20.5. The molecule has 4 heterocycles. The number of aliphatic hydroxyl groups is 1. The van der Waals surface area contributed by atoms with Gasteiger partial charge in [0.15, 0.2) is 0 Å². The maximum atomic E-state index is 13.9. The maximum absolute atomic E-state index is 13.9. The number of aromatic nitrogens is 5. The van der Waals surface area contributed by atoms with Crippen molar-refractivity contribution in [3.05, 3.63) is 99.0 Å². The second-order valence-corrected chi connectivity index (χ2v) is 9.27. The van der Waals surface area contributed by atoms with Crippen LogP contribution in [0.15, 0.2) is 71.7 Å². The standard InChI is InChI=1S/C25H22N6O2S/c1-16-23-20(13-22(32)29(16)15-18-11-12-26-28-18)30(14-17-7-3-2-4-8-17)31(24(23)33)25-27-19-9-5-6-10-21(19)34-25/h2-13,22,32H,14-15H2,1H3,(H,26,28). The fourth-order valence-corrected chi connectivity index (χ4v) is 5.44. The van der Waals surface area contributed by atoms with Crippen molar-refractivity contribution < 1.29 is 5.11 Å². The van der Waals surface area contributed by atoms with Gasteiger partial charge in [-0.25, -0.2) is 4.98 Å². The highest BCUT2D eigenvalue weighted by Gasteiger charge is 2.26. The van der Waals surface area contributed by atoms with Crippen molar-refractivity contribution >= 4 is 33.3 Å². The minimum absolute atomic E-state index is 0.153. The highest BCUT2D eigenvalue weighted by molar-refractivity contribution is 7.20. The van der Waals surface area contributed by atoms with Crippen LogP contribution in [0.3, 0.4) is 0 Å². The molecule has 0 saturated carbocycles. The van der Waals surface area contributed by atoms with Gasteiger partial charge in [0.25, 0.3) is 5.56 Å². The monoisotopic (exact) mass is 470 g/mol. The van der Waals surface area contributed by atoms with Crippen molar-refractivity contribution in [3.63, 3.8) is 0 Å². The molecule has 0 saturated heterocycles. The zero-order valence-electron chi connectivity index (χ0n) is 18.4. The Bertz CT molecular complexity index is 1630. The number of H-pyrrole nitrogens is 1. The van der Waals surface area contributed by atoms with Gasteiger partial charge in [-0.1, -0.05) is 53.8 Å². The summed E-state index contributed by atoms with van der Waals surface area (Å²) < 4.78 is 4.58. The van der Waals surface area contributed by atoms with Gasteiger partial charge in [0.05, 0.1) is 39.6 Å². The van der Waals surface area contributed by atoms with Crippen molar-refractivity contribution in [1.29, 1.82) is 0 Å². The van der Waals surface area contributed by atoms with Crippen LogP contribution < -0.4 is 16.1 Å². The van der Waals surface area contributed by atoms with Gasteiger partial charge in [0, 0.05) is 11.9 Å². The van der Waals surface area contributed by atoms with Crippen molar-refractivity contribution in [3.8, 4) is 5.13 Å². The van der Waals surface area contributed by atoms with E-state index in [0.29, 0.717) is 34.5 Å². The van der Waals surface area contributed by atoms with Gasteiger partial charge in [0.2, 0.25) is 5.13 Å². The lowest BCUT2D eigenvalue weighted by atomic mass is 10.2. The number of nitrogens with zero attached hydrogens (tertiary/aromatic N) is 5. The highest BCUT2D eigenvalue weighted by atomic mass is 32.1. The lowest BCUT2D eigenvalue weighted by Crippen LogP contribution is -2.49. The summed E-state index contributed by atoms with van der Waals surface area (Å²) in [5, 5.41) is 19.8. The highest BCUT2D eigenvalue weighted by Crippen LogP contribution is 2.24. The topological polar surface area (TPSA) is 92.0 Å². The third-order valence-electron chi connectivity index (χ3n) is 6.14. The molecule has 0 amide bonds. The summed E-state index contributed by atoms with van der Waals surface area (Å²) in [5.41, 5.74) is 3.32. The summed E-state index contributed by atoms with van der Waals surface area (Å²) in [6.07, 6.45) is 2.53. The van der Waals surface area contributed by atoms with Crippen molar-refractivity contribution in [2.45, 2.75) is 26.2 Å². The van der Waals surface area contributed by atoms with Gasteiger partial charge in [-0.3, -0.25) is 14.6 Å². The molecule has 2 N–H and O–H groups in total. The Labute approximate surface area is 198 Å². The molecule has 34 heavy (non-hydrogen) atoms. The zero-order chi connectivity index (χ0) is 23.2. The van der Waals surface area contributed by atoms with Crippen LogP contribution in [0.1, 0.15) is 18.2 Å². The molecule has 0 aliphatic carbocycles. The van der Waals surface area contributed by atoms with E-state index in [-0.39, 0.29) is 5.56 Å². The van der Waals surface area contributed by atoms with Gasteiger partial charge in [-0.15, -0.1) is 0 Å². The van der Waals surface area contributed by atoms with Crippen LogP contribution in [0.2, 0.25) is 0 Å². The van der Waals surface area contributed by atoms with Crippen LogP contribution in [0, 0.1) is 0 Å². The van der Waals surface area contributed by atoms with E-state index in [4.69, 9.17) is 4.98 Å². The van der Waals surface area contributed by atoms with E-state index < -0.39 is 6.23 Å². The lowest BCUT2D eigenvalue weighted by Gasteiger charge is -2.30. The first-order valence-electron chi connectivity index (χ1n) is 11.0. The summed E-state index contributed by atoms with van der Waals surface area (Å²) >= 11 is 1.48. The van der Waals surface area contributed by atoms with E-state index in [1.807, 2.05) is 72.3 Å². The molecule has 170 valence electrons. The number of aromatic amines is 1. The van der Waals surface area contributed by atoms with E-state index in [0.717, 1.165) is 21.5 Å². The Morgan fingerprint density at radius 1 is 1.06 bits per heavy atom. The molecular weight excluding hydrogens is 448 g/mol. The lowest BCUT2D eigenvalue weighted by molar-refractivity contribution is 0.0915. The second kappa shape index (κ2) is 8.12. The number of aliphatic hydroxyl groups excluding tert-OH is 1. The molecule has 1 unspecified atom stereocenters. The molecule has 0 fully saturated rings. The normalized spacial score (nSPS) is 15.5. The molecule has 3 aromatic heterocycles. The summed E-state index contributed by atoms with van der Waals surface area (Å²) in [6, 6.07) is 19.7. The van der Waals surface area contributed by atoms with Crippen LogP contribution >= 0.6 is 11.3 Å². The van der Waals surface area contributed by atoms with Crippen LogP contribution in [0.25, 0.3) is 27.1 Å². The van der Waals surface area contributed by atoms with Crippen LogP contribution in [-0.4, -0.2) is 40.8 Å². The van der Waals surface area contributed by atoms with Crippen LogP contribution in [0.5, 0.6) is 0 Å². The fraction of sp³-hybridized carbons (Fsp3) is 0.160. The quantitative estimate of drug-likeness (QED) is 0.409. The molecule has 0 spiro atoms. The third kappa shape index (κ3) is 3.37. The van der Waals surface area contributed by atoms with Crippen molar-refractivity contribution in [1.82, 2.24) is 29.4 Å². The number of hydrogen-bond donors (Lipinski definition) is 2. The average Bonchev–Trinajstić information content (AvgIpc) is 3.56. The molecule has 5 aromatic rings. The van der Waals surface area contributed by atoms with E-state index in [2.05, 4.69) is 10.2 Å². The Hall–Kier alpha value is -3.95. The average molecular weight is 471 g/mol. The van der Waals surface area contributed by atoms with Gasteiger partial charge >= 0.3 is 0 Å². The molecular formula is C25H22N6O2S. The first kappa shape index (κ1) is 20.6. The summed E-state index contributed by atoms with van der Waals surface area (Å²) in [5.74, 6) is 0. The Balaban J connectivity index is 1.60. The van der Waals surface area contributed by atoms with Gasteiger partial charge in [-0.2, -0.15) is 9.78 Å². The Morgan fingerprint density at radius 3 is 2.62 bits per heavy atom. The van der Waals surface area contributed by atoms with E-state index in [9.17, 15) is 9.90 Å². The molecule has 1 aliphatic rings. The SMILES string of the molecule is CC1=c2c(n(Cc3ccccc3)n(-c3nc4ccccc4s3)c2=O)=CC(O)N1Cc1ccn[nH]1. The van der Waals surface area contributed by atoms with E-state index in [1.165, 1.54) is 11.3 Å². The third-order valence-corrected chi connectivity index (χ3v) is 7.15. The van der Waals surface area contributed by atoms with E-state index >= 15 is 0 Å². The largest absolute Gasteiger partial charge is 0.370 e. The van der Waals surface area contributed by atoms with Gasteiger partial charge in [0.1, 0.15) is 6.23 Å². The molecule has 6 rings (SSSR count). The molecule has 1 atom stereocenters. The minimum atomic E-state index is -0.886. The molecule has 1 aliphatic heterocycles. The molecule has 8 nitrogen and oxygen atoms in total. The first-order chi connectivity index (χ1) is 16.6. The first-order valence-corrected chi connectivity index (χ1v) is 11.8. The number of fused-ring (bicyclic) bond motifs is 2. The van der Waals surface area contributed by atoms with E-state index in [1.54, 1.807) is 21.9 Å². The molecule has 2 aromatic carbocycles. The number of nitrogens with one attached hydrogen (secondary N) is 1. The Kier molecular flexibility index (Phi) is 4.93. The molecule has 0 radical (unpaired) electrons. The number of para-hydroxylation sites is 1. The van der Waals surface area contributed by atoms with Gasteiger partial charge in [-0.05, 0) is 36.8 Å². The predicted octanol–water partition coefficient (Wildman–Crippen LogP) is 1.76. The number of rotatable bonds is 5. The van der Waals surface area contributed by atoms with Gasteiger partial charge < -0.3 is 10.0 Å². The van der Waals surface area contributed by atoms with Crippen molar-refractivity contribution in [2.75, 3.05) is 0 Å². The van der Waals surface area contributed by atoms with Crippen molar-refractivity contribution in [2.24, 2.45) is 0 Å². The molecule has 0 bridgehead atoms. The number of benzene rings is 2. The second-order valence-electron chi connectivity index (χ2n) is 8.26. The fourth-order valence-electron chi connectivity index (χ4n) is 4.47. The molecule has 9 heteroatoms. The summed E-state index contributed by atoms with van der Waals surface area (Å²) in [7, 11) is 0. The minimum Gasteiger partial charge on any atom is -0.370 e. The summed E-state index contributed by atoms with van der Waals surface area (Å²) in [6.45, 7) is 2.76. The van der Waals surface area contributed by atoms with Crippen LogP contribution in [-0.2, 0) is 13.1 Å². The zero-order valence-corrected chi connectivity index (χ0v) is 19.2. The number of thiazole rings is 1. The van der Waals surface area contributed by atoms with Crippen LogP contribution in [0.4, 0.5) is 0 Å². The maximum Gasteiger partial charge on any atom is 0.283 e.